The lowest BCUT2D eigenvalue weighted by Gasteiger charge is -2.43. The molecule has 13 heavy (non-hydrogen) atoms. The van der Waals surface area contributed by atoms with Gasteiger partial charge in [-0.25, -0.2) is 0 Å². The van der Waals surface area contributed by atoms with Gasteiger partial charge in [0, 0.05) is 39.2 Å². The first-order chi connectivity index (χ1) is 6.15. The van der Waals surface area contributed by atoms with Gasteiger partial charge in [0.25, 0.3) is 0 Å². The predicted molar refractivity (Wildman–Crippen MR) is 50.4 cm³/mol. The van der Waals surface area contributed by atoms with E-state index < -0.39 is 0 Å². The molecule has 1 saturated heterocycles. The number of carbonyl (C=O) groups excluding carboxylic acids is 1. The van der Waals surface area contributed by atoms with Crippen LogP contribution in [0, 0.1) is 0 Å². The van der Waals surface area contributed by atoms with Gasteiger partial charge in [0.15, 0.2) is 0 Å². The molecule has 0 radical (unpaired) electrons. The van der Waals surface area contributed by atoms with Crippen LogP contribution in [0.4, 0.5) is 0 Å². The molecule has 1 heterocycles. The van der Waals surface area contributed by atoms with Gasteiger partial charge in [0.2, 0.25) is 5.91 Å². The molecular formula is C9H18N2O2. The quantitative estimate of drug-likeness (QED) is 0.645. The number of likely N-dealkylation sites (N-methyl/N-ethyl adjacent to an activating group) is 1. The van der Waals surface area contributed by atoms with E-state index >= 15 is 0 Å². The molecule has 0 atom stereocenters. The number of hydrogen-bond acceptors (Lipinski definition) is 3. The highest BCUT2D eigenvalue weighted by Crippen LogP contribution is 2.13. The van der Waals surface area contributed by atoms with Crippen LogP contribution >= 0.6 is 0 Å². The Morgan fingerprint density at radius 1 is 1.62 bits per heavy atom. The van der Waals surface area contributed by atoms with Crippen molar-refractivity contribution in [1.82, 2.24) is 9.80 Å². The van der Waals surface area contributed by atoms with Crippen molar-refractivity contribution in [2.24, 2.45) is 0 Å². The van der Waals surface area contributed by atoms with E-state index in [0.29, 0.717) is 6.04 Å². The van der Waals surface area contributed by atoms with Crippen LogP contribution in [0.25, 0.3) is 0 Å². The summed E-state index contributed by atoms with van der Waals surface area (Å²) in [5, 5.41) is 8.64. The molecule has 0 saturated carbocycles. The second-order valence-electron chi connectivity index (χ2n) is 3.64. The smallest absolute Gasteiger partial charge is 0.219 e. The maximum Gasteiger partial charge on any atom is 0.219 e. The van der Waals surface area contributed by atoms with Crippen LogP contribution in [-0.4, -0.2) is 60.1 Å². The Kier molecular flexibility index (Phi) is 3.69. The lowest BCUT2D eigenvalue weighted by atomic mass is 10.1. The van der Waals surface area contributed by atoms with Crippen LogP contribution in [-0.2, 0) is 4.79 Å². The molecule has 0 aromatic carbocycles. The number of hydrogen-bond donors (Lipinski definition) is 1. The van der Waals surface area contributed by atoms with E-state index in [9.17, 15) is 4.79 Å². The molecule has 0 unspecified atom stereocenters. The average Bonchev–Trinajstić information content (AvgIpc) is 1.97. The third kappa shape index (κ3) is 2.67. The van der Waals surface area contributed by atoms with Gasteiger partial charge in [-0.2, -0.15) is 0 Å². The molecular weight excluding hydrogens is 168 g/mol. The fourth-order valence-electron chi connectivity index (χ4n) is 1.49. The summed E-state index contributed by atoms with van der Waals surface area (Å²) in [4.78, 5) is 14.9. The molecule has 1 aliphatic rings. The minimum Gasteiger partial charge on any atom is -0.396 e. The van der Waals surface area contributed by atoms with E-state index in [1.807, 2.05) is 11.9 Å². The zero-order chi connectivity index (χ0) is 9.84. The van der Waals surface area contributed by atoms with Crippen molar-refractivity contribution >= 4 is 5.91 Å². The van der Waals surface area contributed by atoms with Crippen LogP contribution in [0.3, 0.4) is 0 Å². The van der Waals surface area contributed by atoms with Gasteiger partial charge in [-0.15, -0.1) is 0 Å². The minimum atomic E-state index is 0.159. The topological polar surface area (TPSA) is 43.8 Å². The molecule has 4 nitrogen and oxygen atoms in total. The molecule has 0 spiro atoms. The first-order valence-corrected chi connectivity index (χ1v) is 4.71. The van der Waals surface area contributed by atoms with Crippen LogP contribution in [0.1, 0.15) is 13.3 Å². The summed E-state index contributed by atoms with van der Waals surface area (Å²) in [6.07, 6.45) is 0.813. The molecule has 1 aliphatic heterocycles. The van der Waals surface area contributed by atoms with Gasteiger partial charge in [-0.05, 0) is 13.5 Å². The third-order valence-corrected chi connectivity index (χ3v) is 2.60. The van der Waals surface area contributed by atoms with Crippen LogP contribution in [0.15, 0.2) is 0 Å². The van der Waals surface area contributed by atoms with E-state index in [2.05, 4.69) is 4.90 Å². The standard InChI is InChI=1S/C9H18N2O2/c1-8(13)11-6-9(7-11)10(2)4-3-5-12/h9,12H,3-7H2,1-2H3. The Morgan fingerprint density at radius 3 is 2.69 bits per heavy atom. The van der Waals surface area contributed by atoms with Crippen molar-refractivity contribution in [2.75, 3.05) is 33.3 Å². The number of nitrogens with zero attached hydrogens (tertiary/aromatic N) is 2. The maximum atomic E-state index is 10.9. The molecule has 0 aliphatic carbocycles. The monoisotopic (exact) mass is 186 g/mol. The first kappa shape index (κ1) is 10.5. The Bertz CT molecular complexity index is 178. The molecule has 1 N–H and O–H groups in total. The number of aliphatic hydroxyl groups excluding tert-OH is 1. The highest BCUT2D eigenvalue weighted by molar-refractivity contribution is 5.74. The fraction of sp³-hybridized carbons (Fsp3) is 0.889. The summed E-state index contributed by atoms with van der Waals surface area (Å²) in [6, 6.07) is 0.496. The minimum absolute atomic E-state index is 0.159. The highest BCUT2D eigenvalue weighted by Gasteiger charge is 2.30. The van der Waals surface area contributed by atoms with Crippen molar-refractivity contribution in [3.8, 4) is 0 Å². The number of likely N-dealkylation sites (tertiary alicyclic amines) is 1. The Morgan fingerprint density at radius 2 is 2.23 bits per heavy atom. The molecule has 4 heteroatoms. The molecule has 1 amide bonds. The van der Waals surface area contributed by atoms with Crippen LogP contribution < -0.4 is 0 Å². The molecule has 1 rings (SSSR count). The second-order valence-corrected chi connectivity index (χ2v) is 3.64. The van der Waals surface area contributed by atoms with Gasteiger partial charge < -0.3 is 10.0 Å². The number of carbonyl (C=O) groups is 1. The average molecular weight is 186 g/mol. The van der Waals surface area contributed by atoms with Crippen molar-refractivity contribution in [3.05, 3.63) is 0 Å². The van der Waals surface area contributed by atoms with E-state index in [0.717, 1.165) is 26.1 Å². The molecule has 1 fully saturated rings. The van der Waals surface area contributed by atoms with Gasteiger partial charge in [-0.3, -0.25) is 9.69 Å². The third-order valence-electron chi connectivity index (χ3n) is 2.60. The molecule has 0 aromatic heterocycles. The van der Waals surface area contributed by atoms with Crippen molar-refractivity contribution < 1.29 is 9.90 Å². The molecule has 0 bridgehead atoms. The summed E-state index contributed by atoms with van der Waals surface area (Å²) >= 11 is 0. The van der Waals surface area contributed by atoms with Gasteiger partial charge >= 0.3 is 0 Å². The van der Waals surface area contributed by atoms with E-state index in [-0.39, 0.29) is 12.5 Å². The molecule has 0 aromatic rings. The summed E-state index contributed by atoms with van der Waals surface area (Å²) in [7, 11) is 2.04. The van der Waals surface area contributed by atoms with Gasteiger partial charge in [0.05, 0.1) is 0 Å². The van der Waals surface area contributed by atoms with E-state index in [1.165, 1.54) is 0 Å². The first-order valence-electron chi connectivity index (χ1n) is 4.71. The second kappa shape index (κ2) is 4.58. The fourth-order valence-corrected chi connectivity index (χ4v) is 1.49. The zero-order valence-electron chi connectivity index (χ0n) is 8.36. The summed E-state index contributed by atoms with van der Waals surface area (Å²) in [6.45, 7) is 4.44. The largest absolute Gasteiger partial charge is 0.396 e. The van der Waals surface area contributed by atoms with Gasteiger partial charge in [0.1, 0.15) is 0 Å². The highest BCUT2D eigenvalue weighted by atomic mass is 16.3. The normalized spacial score (nSPS) is 17.7. The Labute approximate surface area is 79.1 Å². The number of rotatable bonds is 4. The maximum absolute atomic E-state index is 10.9. The van der Waals surface area contributed by atoms with Gasteiger partial charge in [-0.1, -0.05) is 0 Å². The van der Waals surface area contributed by atoms with Crippen molar-refractivity contribution in [3.63, 3.8) is 0 Å². The van der Waals surface area contributed by atoms with E-state index in [4.69, 9.17) is 5.11 Å². The lowest BCUT2D eigenvalue weighted by molar-refractivity contribution is -0.135. The summed E-state index contributed by atoms with van der Waals surface area (Å²) < 4.78 is 0. The van der Waals surface area contributed by atoms with E-state index in [1.54, 1.807) is 6.92 Å². The SMILES string of the molecule is CC(=O)N1CC(N(C)CCCO)C1. The summed E-state index contributed by atoms with van der Waals surface area (Å²) in [5.74, 6) is 0.159. The number of amides is 1. The Hall–Kier alpha value is -0.610. The van der Waals surface area contributed by atoms with Crippen LogP contribution in [0.5, 0.6) is 0 Å². The predicted octanol–water partition coefficient (Wildman–Crippen LogP) is -0.469. The van der Waals surface area contributed by atoms with Crippen LogP contribution in [0.2, 0.25) is 0 Å². The zero-order valence-corrected chi connectivity index (χ0v) is 8.36. The van der Waals surface area contributed by atoms with Crippen molar-refractivity contribution in [2.45, 2.75) is 19.4 Å². The number of aliphatic hydroxyl groups is 1. The Balaban J connectivity index is 2.15. The summed E-state index contributed by atoms with van der Waals surface area (Å²) in [5.41, 5.74) is 0. The van der Waals surface area contributed by atoms with Crippen molar-refractivity contribution in [1.29, 1.82) is 0 Å². The lowest BCUT2D eigenvalue weighted by Crippen LogP contribution is -2.59. The molecule has 76 valence electrons.